The van der Waals surface area contributed by atoms with Gasteiger partial charge in [0, 0.05) is 19.3 Å². The molecule has 0 rings (SSSR count). The van der Waals surface area contributed by atoms with E-state index in [0.29, 0.717) is 19.3 Å². The maximum atomic E-state index is 12.8. The van der Waals surface area contributed by atoms with Crippen molar-refractivity contribution in [3.63, 3.8) is 0 Å². The summed E-state index contributed by atoms with van der Waals surface area (Å²) in [5, 5.41) is 0. The van der Waals surface area contributed by atoms with Crippen molar-refractivity contribution in [2.24, 2.45) is 0 Å². The molecule has 0 fully saturated rings. The van der Waals surface area contributed by atoms with Crippen molar-refractivity contribution >= 4 is 17.9 Å². The summed E-state index contributed by atoms with van der Waals surface area (Å²) >= 11 is 0. The topological polar surface area (TPSA) is 78.9 Å². The first kappa shape index (κ1) is 60.6. The molecule has 0 saturated heterocycles. The molecule has 0 aliphatic carbocycles. The zero-order chi connectivity index (χ0) is 46.5. The quantitative estimate of drug-likeness (QED) is 0.0199. The van der Waals surface area contributed by atoms with Crippen molar-refractivity contribution in [1.82, 2.24) is 0 Å². The Hall–Kier alpha value is -3.41. The smallest absolute Gasteiger partial charge is 0.306 e. The minimum Gasteiger partial charge on any atom is -0.462 e. The van der Waals surface area contributed by atoms with Crippen LogP contribution in [0.3, 0.4) is 0 Å². The number of allylic oxidation sites excluding steroid dienone is 14. The van der Waals surface area contributed by atoms with Crippen molar-refractivity contribution in [2.45, 2.75) is 252 Å². The average Bonchev–Trinajstić information content (AvgIpc) is 3.29. The van der Waals surface area contributed by atoms with Gasteiger partial charge in [0.05, 0.1) is 0 Å². The van der Waals surface area contributed by atoms with Gasteiger partial charge in [-0.3, -0.25) is 14.4 Å². The highest BCUT2D eigenvalue weighted by Gasteiger charge is 2.19. The highest BCUT2D eigenvalue weighted by atomic mass is 16.6. The fourth-order valence-corrected chi connectivity index (χ4v) is 7.05. The van der Waals surface area contributed by atoms with Crippen LogP contribution < -0.4 is 0 Å². The van der Waals surface area contributed by atoms with Crippen molar-refractivity contribution in [3.8, 4) is 0 Å². The van der Waals surface area contributed by atoms with Crippen LogP contribution in [0.2, 0.25) is 0 Å². The summed E-state index contributed by atoms with van der Waals surface area (Å²) in [6, 6.07) is 0. The Bertz CT molecular complexity index is 1250. The van der Waals surface area contributed by atoms with E-state index in [1.807, 2.05) is 0 Å². The van der Waals surface area contributed by atoms with Crippen LogP contribution in [0.1, 0.15) is 245 Å². The normalized spacial score (nSPS) is 12.7. The lowest BCUT2D eigenvalue weighted by Crippen LogP contribution is -2.30. The van der Waals surface area contributed by atoms with Crippen LogP contribution in [-0.2, 0) is 28.6 Å². The van der Waals surface area contributed by atoms with Gasteiger partial charge in [-0.05, 0) is 103 Å². The molecule has 0 bridgehead atoms. The second kappa shape index (κ2) is 52.2. The van der Waals surface area contributed by atoms with E-state index in [9.17, 15) is 14.4 Å². The van der Waals surface area contributed by atoms with Gasteiger partial charge in [0.1, 0.15) is 13.2 Å². The SMILES string of the molecule is CCCC/C=C\C=C/CCCCCC(=O)OCC(COC(=O)CCCCCCC/C=C\CCCCCCCCCCC)OC(=O)CCC/C=C\C/C=C\C/C=C\C/C=C\CCCCC. The Morgan fingerprint density at radius 3 is 1.12 bits per heavy atom. The Morgan fingerprint density at radius 2 is 0.641 bits per heavy atom. The lowest BCUT2D eigenvalue weighted by Gasteiger charge is -2.18. The number of unbranched alkanes of at least 4 members (excludes halogenated alkanes) is 23. The molecule has 0 radical (unpaired) electrons. The number of esters is 3. The molecule has 0 aliphatic rings. The van der Waals surface area contributed by atoms with E-state index in [1.54, 1.807) is 0 Å². The number of carbonyl (C=O) groups excluding carboxylic acids is 3. The minimum absolute atomic E-state index is 0.111. The Morgan fingerprint density at radius 1 is 0.328 bits per heavy atom. The molecule has 0 aromatic rings. The predicted octanol–water partition coefficient (Wildman–Crippen LogP) is 17.6. The predicted molar refractivity (Wildman–Crippen MR) is 274 cm³/mol. The number of carbonyl (C=O) groups is 3. The average molecular weight is 891 g/mol. The molecule has 0 aromatic carbocycles. The molecular formula is C58H98O6. The van der Waals surface area contributed by atoms with E-state index in [4.69, 9.17) is 14.2 Å². The summed E-state index contributed by atoms with van der Waals surface area (Å²) in [6.45, 7) is 6.48. The monoisotopic (exact) mass is 891 g/mol. The molecule has 0 aliphatic heterocycles. The fourth-order valence-electron chi connectivity index (χ4n) is 7.05. The number of hydrogen-bond acceptors (Lipinski definition) is 6. The molecule has 0 heterocycles. The van der Waals surface area contributed by atoms with Gasteiger partial charge >= 0.3 is 17.9 Å². The van der Waals surface area contributed by atoms with Gasteiger partial charge in [-0.1, -0.05) is 209 Å². The lowest BCUT2D eigenvalue weighted by atomic mass is 10.1. The van der Waals surface area contributed by atoms with E-state index in [2.05, 4.69) is 106 Å². The first-order valence-electron chi connectivity index (χ1n) is 26.6. The molecule has 6 heteroatoms. The third-order valence-electron chi connectivity index (χ3n) is 11.1. The summed E-state index contributed by atoms with van der Waals surface area (Å²) in [7, 11) is 0. The Labute approximate surface area is 395 Å². The van der Waals surface area contributed by atoms with Gasteiger partial charge in [-0.25, -0.2) is 0 Å². The third kappa shape index (κ3) is 49.6. The van der Waals surface area contributed by atoms with Crippen molar-refractivity contribution in [3.05, 3.63) is 85.1 Å². The van der Waals surface area contributed by atoms with Gasteiger partial charge in [-0.2, -0.15) is 0 Å². The van der Waals surface area contributed by atoms with Crippen molar-refractivity contribution in [2.75, 3.05) is 13.2 Å². The third-order valence-corrected chi connectivity index (χ3v) is 11.1. The van der Waals surface area contributed by atoms with E-state index < -0.39 is 6.10 Å². The van der Waals surface area contributed by atoms with E-state index in [-0.39, 0.29) is 37.5 Å². The van der Waals surface area contributed by atoms with Crippen LogP contribution in [0.5, 0.6) is 0 Å². The Balaban J connectivity index is 4.48. The molecule has 1 unspecified atom stereocenters. The molecule has 0 spiro atoms. The van der Waals surface area contributed by atoms with Crippen molar-refractivity contribution < 1.29 is 28.6 Å². The number of hydrogen-bond donors (Lipinski definition) is 0. The van der Waals surface area contributed by atoms with Crippen LogP contribution in [-0.4, -0.2) is 37.2 Å². The van der Waals surface area contributed by atoms with Gasteiger partial charge < -0.3 is 14.2 Å². The summed E-state index contributed by atoms with van der Waals surface area (Å²) in [5.41, 5.74) is 0. The summed E-state index contributed by atoms with van der Waals surface area (Å²) in [4.78, 5) is 37.9. The second-order valence-electron chi connectivity index (χ2n) is 17.5. The van der Waals surface area contributed by atoms with Crippen molar-refractivity contribution in [1.29, 1.82) is 0 Å². The van der Waals surface area contributed by atoms with Crippen LogP contribution in [0.25, 0.3) is 0 Å². The second-order valence-corrected chi connectivity index (χ2v) is 17.5. The van der Waals surface area contributed by atoms with Crippen LogP contribution in [0.4, 0.5) is 0 Å². The van der Waals surface area contributed by atoms with E-state index in [0.717, 1.165) is 89.9 Å². The zero-order valence-corrected chi connectivity index (χ0v) is 41.8. The fraction of sp³-hybridized carbons (Fsp3) is 0.707. The molecule has 0 aromatic heterocycles. The number of ether oxygens (including phenoxy) is 3. The molecule has 64 heavy (non-hydrogen) atoms. The first-order valence-corrected chi connectivity index (χ1v) is 26.6. The largest absolute Gasteiger partial charge is 0.462 e. The molecule has 0 amide bonds. The van der Waals surface area contributed by atoms with Crippen LogP contribution in [0.15, 0.2) is 85.1 Å². The molecule has 0 saturated carbocycles. The van der Waals surface area contributed by atoms with Gasteiger partial charge in [0.15, 0.2) is 6.10 Å². The zero-order valence-electron chi connectivity index (χ0n) is 41.8. The minimum atomic E-state index is -0.819. The van der Waals surface area contributed by atoms with E-state index >= 15 is 0 Å². The highest BCUT2D eigenvalue weighted by molar-refractivity contribution is 5.71. The van der Waals surface area contributed by atoms with Crippen LogP contribution >= 0.6 is 0 Å². The molecule has 6 nitrogen and oxygen atoms in total. The summed E-state index contributed by atoms with van der Waals surface area (Å²) in [6.07, 6.45) is 67.2. The Kier molecular flexibility index (Phi) is 49.4. The number of rotatable bonds is 47. The first-order chi connectivity index (χ1) is 31.5. The van der Waals surface area contributed by atoms with E-state index in [1.165, 1.54) is 109 Å². The van der Waals surface area contributed by atoms with Crippen LogP contribution in [0, 0.1) is 0 Å². The highest BCUT2D eigenvalue weighted by Crippen LogP contribution is 2.13. The summed E-state index contributed by atoms with van der Waals surface area (Å²) < 4.78 is 16.7. The maximum Gasteiger partial charge on any atom is 0.306 e. The van der Waals surface area contributed by atoms with Gasteiger partial charge in [-0.15, -0.1) is 0 Å². The lowest BCUT2D eigenvalue weighted by molar-refractivity contribution is -0.167. The standard InChI is InChI=1S/C58H98O6/c1-4-7-10-13-16-19-22-24-26-28-30-31-33-36-39-42-45-48-51-57(60)63-54-55(53-62-56(59)50-47-44-41-38-35-21-18-15-12-9-6-3)64-58(61)52-49-46-43-40-37-34-32-29-27-25-23-20-17-14-11-8-5-2/h15,17-18,20-21,25,27,30-32,34-35,40,43,55H,4-14,16,19,22-24,26,28-29,33,36-39,41-42,44-54H2,1-3H3/b18-15-,20-17-,27-25-,31-30-,34-32-,35-21-,43-40-. The summed E-state index contributed by atoms with van der Waals surface area (Å²) in [5.74, 6) is -1.01. The maximum absolute atomic E-state index is 12.8. The molecular weight excluding hydrogens is 793 g/mol. The molecule has 366 valence electrons. The molecule has 1 atom stereocenters. The van der Waals surface area contributed by atoms with Gasteiger partial charge in [0.2, 0.25) is 0 Å². The molecule has 0 N–H and O–H groups in total. The van der Waals surface area contributed by atoms with Gasteiger partial charge in [0.25, 0.3) is 0 Å².